The maximum Gasteiger partial charge on any atom is 0.306 e. The highest BCUT2D eigenvalue weighted by Gasteiger charge is 2.23. The van der Waals surface area contributed by atoms with Gasteiger partial charge in [-0.1, -0.05) is 0 Å². The third-order valence-electron chi connectivity index (χ3n) is 3.14. The lowest BCUT2D eigenvalue weighted by molar-refractivity contribution is -0.143. The van der Waals surface area contributed by atoms with E-state index in [0.29, 0.717) is 0 Å². The molecule has 2 rings (SSSR count). The van der Waals surface area contributed by atoms with Gasteiger partial charge in [0.05, 0.1) is 12.5 Å². The molecule has 1 saturated heterocycles. The normalized spacial score (nSPS) is 18.8. The molecule has 0 unspecified atom stereocenters. The minimum Gasteiger partial charge on any atom is -0.481 e. The molecule has 1 fully saturated rings. The Morgan fingerprint density at radius 2 is 2.12 bits per heavy atom. The number of rotatable bonds is 4. The lowest BCUT2D eigenvalue weighted by Crippen LogP contribution is -2.38. The Morgan fingerprint density at radius 3 is 2.69 bits per heavy atom. The summed E-state index contributed by atoms with van der Waals surface area (Å²) >= 11 is 0. The molecule has 0 spiro atoms. The standard InChI is InChI=1S/C11H17N3O2/c15-11(16)10-2-6-13(7-3-10)8-9-14-5-1-4-12-14/h1,4-5,10H,2-3,6-9H2,(H,15,16). The van der Waals surface area contributed by atoms with Crippen molar-refractivity contribution in [3.05, 3.63) is 18.5 Å². The van der Waals surface area contributed by atoms with E-state index in [2.05, 4.69) is 10.00 Å². The Hall–Kier alpha value is -1.36. The van der Waals surface area contributed by atoms with E-state index in [1.165, 1.54) is 0 Å². The molecule has 0 atom stereocenters. The molecule has 2 heterocycles. The van der Waals surface area contributed by atoms with Gasteiger partial charge in [-0.05, 0) is 32.0 Å². The summed E-state index contributed by atoms with van der Waals surface area (Å²) in [5.41, 5.74) is 0. The van der Waals surface area contributed by atoms with Crippen LogP contribution in [0.4, 0.5) is 0 Å². The minimum absolute atomic E-state index is 0.138. The van der Waals surface area contributed by atoms with Crippen molar-refractivity contribution in [2.45, 2.75) is 19.4 Å². The zero-order valence-electron chi connectivity index (χ0n) is 9.25. The smallest absolute Gasteiger partial charge is 0.306 e. The summed E-state index contributed by atoms with van der Waals surface area (Å²) in [5, 5.41) is 13.0. The molecule has 1 aromatic heterocycles. The SMILES string of the molecule is O=C(O)C1CCN(CCn2cccn2)CC1. The Kier molecular flexibility index (Phi) is 3.56. The van der Waals surface area contributed by atoms with Gasteiger partial charge in [0, 0.05) is 18.9 Å². The number of likely N-dealkylation sites (tertiary alicyclic amines) is 1. The molecule has 1 aliphatic heterocycles. The topological polar surface area (TPSA) is 58.4 Å². The van der Waals surface area contributed by atoms with E-state index in [9.17, 15) is 4.79 Å². The number of aromatic nitrogens is 2. The van der Waals surface area contributed by atoms with Crippen LogP contribution in [-0.2, 0) is 11.3 Å². The highest BCUT2D eigenvalue weighted by molar-refractivity contribution is 5.70. The summed E-state index contributed by atoms with van der Waals surface area (Å²) in [5.74, 6) is -0.785. The number of piperidine rings is 1. The summed E-state index contributed by atoms with van der Waals surface area (Å²) in [6.45, 7) is 3.61. The number of carbonyl (C=O) groups is 1. The average molecular weight is 223 g/mol. The molecular weight excluding hydrogens is 206 g/mol. The van der Waals surface area contributed by atoms with E-state index in [1.807, 2.05) is 16.9 Å². The Morgan fingerprint density at radius 1 is 1.38 bits per heavy atom. The molecule has 0 amide bonds. The predicted octanol–water partition coefficient (Wildman–Crippen LogP) is 0.680. The van der Waals surface area contributed by atoms with Crippen LogP contribution in [0.3, 0.4) is 0 Å². The van der Waals surface area contributed by atoms with Gasteiger partial charge < -0.3 is 10.0 Å². The molecule has 5 heteroatoms. The van der Waals surface area contributed by atoms with Crippen molar-refractivity contribution in [2.75, 3.05) is 19.6 Å². The van der Waals surface area contributed by atoms with E-state index in [4.69, 9.17) is 5.11 Å². The highest BCUT2D eigenvalue weighted by atomic mass is 16.4. The monoisotopic (exact) mass is 223 g/mol. The fourth-order valence-electron chi connectivity index (χ4n) is 2.08. The first-order valence-electron chi connectivity index (χ1n) is 5.68. The van der Waals surface area contributed by atoms with Gasteiger partial charge in [0.25, 0.3) is 0 Å². The first-order valence-corrected chi connectivity index (χ1v) is 5.68. The van der Waals surface area contributed by atoms with Gasteiger partial charge in [-0.25, -0.2) is 0 Å². The zero-order valence-corrected chi connectivity index (χ0v) is 9.25. The van der Waals surface area contributed by atoms with Crippen LogP contribution in [0.15, 0.2) is 18.5 Å². The first-order chi connectivity index (χ1) is 7.75. The summed E-state index contributed by atoms with van der Waals surface area (Å²) in [4.78, 5) is 13.1. The van der Waals surface area contributed by atoms with E-state index >= 15 is 0 Å². The van der Waals surface area contributed by atoms with Gasteiger partial charge in [-0.3, -0.25) is 9.48 Å². The second-order valence-electron chi connectivity index (χ2n) is 4.22. The Balaban J connectivity index is 1.71. The third-order valence-corrected chi connectivity index (χ3v) is 3.14. The summed E-state index contributed by atoms with van der Waals surface area (Å²) in [7, 11) is 0. The van der Waals surface area contributed by atoms with Gasteiger partial charge in [0.15, 0.2) is 0 Å². The van der Waals surface area contributed by atoms with E-state index in [0.717, 1.165) is 39.0 Å². The first kappa shape index (κ1) is 11.1. The third kappa shape index (κ3) is 2.82. The maximum absolute atomic E-state index is 10.8. The van der Waals surface area contributed by atoms with Crippen LogP contribution in [0.1, 0.15) is 12.8 Å². The van der Waals surface area contributed by atoms with Gasteiger partial charge in [0.2, 0.25) is 0 Å². The minimum atomic E-state index is -0.647. The number of carboxylic acid groups (broad SMARTS) is 1. The number of hydrogen-bond acceptors (Lipinski definition) is 3. The molecule has 0 saturated carbocycles. The van der Waals surface area contributed by atoms with E-state index < -0.39 is 5.97 Å². The van der Waals surface area contributed by atoms with Crippen LogP contribution in [0, 0.1) is 5.92 Å². The number of hydrogen-bond donors (Lipinski definition) is 1. The molecule has 0 aromatic carbocycles. The van der Waals surface area contributed by atoms with Crippen LogP contribution < -0.4 is 0 Å². The Labute approximate surface area is 94.7 Å². The van der Waals surface area contributed by atoms with Crippen LogP contribution in [-0.4, -0.2) is 45.4 Å². The zero-order chi connectivity index (χ0) is 11.4. The molecule has 0 bridgehead atoms. The number of aliphatic carboxylic acids is 1. The maximum atomic E-state index is 10.8. The fraction of sp³-hybridized carbons (Fsp3) is 0.636. The van der Waals surface area contributed by atoms with Gasteiger partial charge >= 0.3 is 5.97 Å². The average Bonchev–Trinajstić information content (AvgIpc) is 2.80. The lowest BCUT2D eigenvalue weighted by atomic mass is 9.97. The molecular formula is C11H17N3O2. The van der Waals surface area contributed by atoms with Crippen molar-refractivity contribution in [1.29, 1.82) is 0 Å². The summed E-state index contributed by atoms with van der Waals surface area (Å²) in [6, 6.07) is 1.91. The fourth-order valence-corrected chi connectivity index (χ4v) is 2.08. The van der Waals surface area contributed by atoms with Crippen molar-refractivity contribution in [1.82, 2.24) is 14.7 Å². The summed E-state index contributed by atoms with van der Waals surface area (Å²) < 4.78 is 1.91. The quantitative estimate of drug-likeness (QED) is 0.815. The van der Waals surface area contributed by atoms with Crippen LogP contribution in [0.2, 0.25) is 0 Å². The van der Waals surface area contributed by atoms with Crippen LogP contribution in [0.5, 0.6) is 0 Å². The highest BCUT2D eigenvalue weighted by Crippen LogP contribution is 2.16. The Bertz CT molecular complexity index is 329. The number of nitrogens with zero attached hydrogens (tertiary/aromatic N) is 3. The van der Waals surface area contributed by atoms with Crippen molar-refractivity contribution in [2.24, 2.45) is 5.92 Å². The molecule has 16 heavy (non-hydrogen) atoms. The molecule has 88 valence electrons. The molecule has 0 radical (unpaired) electrons. The van der Waals surface area contributed by atoms with Gasteiger partial charge in [-0.15, -0.1) is 0 Å². The van der Waals surface area contributed by atoms with Crippen molar-refractivity contribution >= 4 is 5.97 Å². The second-order valence-corrected chi connectivity index (χ2v) is 4.22. The van der Waals surface area contributed by atoms with Crippen LogP contribution in [0.25, 0.3) is 0 Å². The van der Waals surface area contributed by atoms with Gasteiger partial charge in [0.1, 0.15) is 0 Å². The van der Waals surface area contributed by atoms with Crippen molar-refractivity contribution < 1.29 is 9.90 Å². The molecule has 0 aliphatic carbocycles. The molecule has 1 N–H and O–H groups in total. The van der Waals surface area contributed by atoms with E-state index in [-0.39, 0.29) is 5.92 Å². The predicted molar refractivity (Wildman–Crippen MR) is 59.0 cm³/mol. The lowest BCUT2D eigenvalue weighted by Gasteiger charge is -2.29. The molecule has 1 aromatic rings. The number of carboxylic acids is 1. The van der Waals surface area contributed by atoms with E-state index in [1.54, 1.807) is 6.20 Å². The molecule has 1 aliphatic rings. The van der Waals surface area contributed by atoms with Crippen molar-refractivity contribution in [3.63, 3.8) is 0 Å². The molecule has 5 nitrogen and oxygen atoms in total. The van der Waals surface area contributed by atoms with Gasteiger partial charge in [-0.2, -0.15) is 5.10 Å². The van der Waals surface area contributed by atoms with Crippen LogP contribution >= 0.6 is 0 Å². The second kappa shape index (κ2) is 5.12. The summed E-state index contributed by atoms with van der Waals surface area (Å²) in [6.07, 6.45) is 5.27. The van der Waals surface area contributed by atoms with Crippen molar-refractivity contribution in [3.8, 4) is 0 Å². The largest absolute Gasteiger partial charge is 0.481 e.